The number of nitrogens with two attached hydrogens (primary N) is 1. The van der Waals surface area contributed by atoms with E-state index >= 15 is 0 Å². The first-order valence-corrected chi connectivity index (χ1v) is 7.14. The molecule has 2 heterocycles. The summed E-state index contributed by atoms with van der Waals surface area (Å²) in [5.74, 6) is 0. The predicted octanol–water partition coefficient (Wildman–Crippen LogP) is 4.24. The van der Waals surface area contributed by atoms with Crippen molar-refractivity contribution in [2.45, 2.75) is 19.9 Å². The molecule has 0 amide bonds. The Bertz CT molecular complexity index is 453. The van der Waals surface area contributed by atoms with E-state index in [1.807, 2.05) is 0 Å². The first-order valence-electron chi connectivity index (χ1n) is 4.65. The van der Waals surface area contributed by atoms with Crippen LogP contribution in [0.4, 0.5) is 0 Å². The third-order valence-electron chi connectivity index (χ3n) is 2.42. The van der Waals surface area contributed by atoms with Gasteiger partial charge >= 0.3 is 0 Å². The normalized spacial score (nSPS) is 13.1. The molecule has 4 heteroatoms. The van der Waals surface area contributed by atoms with Gasteiger partial charge in [-0.05, 0) is 58.4 Å². The molecule has 0 saturated carbocycles. The molecule has 0 radical (unpaired) electrons. The fourth-order valence-corrected chi connectivity index (χ4v) is 3.85. The molecule has 0 aliphatic rings. The van der Waals surface area contributed by atoms with Gasteiger partial charge in [0, 0.05) is 9.75 Å². The highest BCUT2D eigenvalue weighted by Gasteiger charge is 2.15. The lowest BCUT2D eigenvalue weighted by atomic mass is 10.1. The summed E-state index contributed by atoms with van der Waals surface area (Å²) in [6.45, 7) is 4.21. The van der Waals surface area contributed by atoms with E-state index in [9.17, 15) is 0 Å². The molecule has 0 saturated heterocycles. The Balaban J connectivity index is 2.36. The van der Waals surface area contributed by atoms with Crippen LogP contribution in [0.1, 0.15) is 26.9 Å². The smallest absolute Gasteiger partial charge is 0.0731 e. The minimum atomic E-state index is 0.0197. The van der Waals surface area contributed by atoms with E-state index in [0.717, 1.165) is 0 Å². The van der Waals surface area contributed by atoms with Crippen molar-refractivity contribution in [3.63, 3.8) is 0 Å². The van der Waals surface area contributed by atoms with E-state index in [4.69, 9.17) is 5.73 Å². The van der Waals surface area contributed by atoms with Gasteiger partial charge in [-0.1, -0.05) is 0 Å². The highest BCUT2D eigenvalue weighted by Crippen LogP contribution is 2.34. The molecule has 80 valence electrons. The second kappa shape index (κ2) is 4.37. The molecule has 0 aliphatic carbocycles. The second-order valence-electron chi connectivity index (χ2n) is 3.52. The van der Waals surface area contributed by atoms with Crippen LogP contribution in [0.3, 0.4) is 0 Å². The molecule has 15 heavy (non-hydrogen) atoms. The summed E-state index contributed by atoms with van der Waals surface area (Å²) in [7, 11) is 0. The van der Waals surface area contributed by atoms with Crippen molar-refractivity contribution < 1.29 is 0 Å². The van der Waals surface area contributed by atoms with Crippen molar-refractivity contribution in [1.29, 1.82) is 0 Å². The van der Waals surface area contributed by atoms with Crippen LogP contribution in [0, 0.1) is 13.8 Å². The number of hydrogen-bond donors (Lipinski definition) is 1. The summed E-state index contributed by atoms with van der Waals surface area (Å²) in [6, 6.07) is 4.30. The third-order valence-corrected chi connectivity index (χ3v) is 5.50. The monoisotopic (exact) mass is 301 g/mol. The van der Waals surface area contributed by atoms with Crippen LogP contribution in [0.2, 0.25) is 0 Å². The van der Waals surface area contributed by atoms with Gasteiger partial charge in [-0.15, -0.1) is 22.7 Å². The number of aryl methyl sites for hydroxylation is 2. The van der Waals surface area contributed by atoms with Crippen LogP contribution in [0.5, 0.6) is 0 Å². The average molecular weight is 302 g/mol. The Kier molecular flexibility index (Phi) is 3.30. The number of hydrogen-bond acceptors (Lipinski definition) is 3. The molecule has 2 aromatic rings. The first kappa shape index (κ1) is 11.3. The van der Waals surface area contributed by atoms with Crippen LogP contribution < -0.4 is 5.73 Å². The van der Waals surface area contributed by atoms with Gasteiger partial charge in [-0.25, -0.2) is 0 Å². The molecule has 0 aromatic carbocycles. The van der Waals surface area contributed by atoms with Crippen LogP contribution >= 0.6 is 38.6 Å². The highest BCUT2D eigenvalue weighted by molar-refractivity contribution is 9.11. The molecule has 1 nitrogen and oxygen atoms in total. The Hall–Kier alpha value is -0.160. The Labute approximate surface area is 106 Å². The summed E-state index contributed by atoms with van der Waals surface area (Å²) in [5, 5.41) is 2.10. The topological polar surface area (TPSA) is 26.0 Å². The van der Waals surface area contributed by atoms with Crippen LogP contribution in [-0.4, -0.2) is 0 Å². The van der Waals surface area contributed by atoms with Crippen LogP contribution in [0.25, 0.3) is 0 Å². The minimum absolute atomic E-state index is 0.0197. The average Bonchev–Trinajstić information content (AvgIpc) is 2.74. The molecule has 2 aromatic heterocycles. The lowest BCUT2D eigenvalue weighted by Gasteiger charge is -2.08. The lowest BCUT2D eigenvalue weighted by molar-refractivity contribution is 0.890. The standard InChI is InChI=1S/C11H12BrNS2/c1-6-5-9(15-11(6)12)10(13)8-3-4-14-7(8)2/h3-5,10H,13H2,1-2H3. The van der Waals surface area contributed by atoms with Gasteiger partial charge in [0.25, 0.3) is 0 Å². The highest BCUT2D eigenvalue weighted by atomic mass is 79.9. The van der Waals surface area contributed by atoms with E-state index in [-0.39, 0.29) is 6.04 Å². The molecule has 0 spiro atoms. The fraction of sp³-hybridized carbons (Fsp3) is 0.273. The zero-order valence-corrected chi connectivity index (χ0v) is 11.8. The molecular weight excluding hydrogens is 290 g/mol. The largest absolute Gasteiger partial charge is 0.320 e. The van der Waals surface area contributed by atoms with Crippen molar-refractivity contribution in [2.75, 3.05) is 0 Å². The maximum Gasteiger partial charge on any atom is 0.0731 e. The maximum atomic E-state index is 6.24. The van der Waals surface area contributed by atoms with Crippen molar-refractivity contribution in [3.05, 3.63) is 42.2 Å². The summed E-state index contributed by atoms with van der Waals surface area (Å²) < 4.78 is 1.18. The molecular formula is C11H12BrNS2. The van der Waals surface area contributed by atoms with E-state index in [0.29, 0.717) is 0 Å². The van der Waals surface area contributed by atoms with Gasteiger partial charge in [0.1, 0.15) is 0 Å². The van der Waals surface area contributed by atoms with Gasteiger partial charge in [0.2, 0.25) is 0 Å². The Morgan fingerprint density at radius 3 is 2.60 bits per heavy atom. The van der Waals surface area contributed by atoms with E-state index in [1.165, 1.54) is 24.7 Å². The number of thiophene rings is 2. The van der Waals surface area contributed by atoms with E-state index in [1.54, 1.807) is 22.7 Å². The van der Waals surface area contributed by atoms with Gasteiger partial charge in [0.15, 0.2) is 0 Å². The van der Waals surface area contributed by atoms with Crippen molar-refractivity contribution in [3.8, 4) is 0 Å². The predicted molar refractivity (Wildman–Crippen MR) is 71.8 cm³/mol. The Morgan fingerprint density at radius 1 is 1.40 bits per heavy atom. The SMILES string of the molecule is Cc1cc(C(N)c2ccsc2C)sc1Br. The second-order valence-corrected chi connectivity index (χ2v) is 7.04. The summed E-state index contributed by atoms with van der Waals surface area (Å²) in [4.78, 5) is 2.53. The quantitative estimate of drug-likeness (QED) is 0.882. The molecule has 2 rings (SSSR count). The van der Waals surface area contributed by atoms with E-state index < -0.39 is 0 Å². The third kappa shape index (κ3) is 2.18. The van der Waals surface area contributed by atoms with Gasteiger partial charge < -0.3 is 5.73 Å². The number of rotatable bonds is 2. The minimum Gasteiger partial charge on any atom is -0.320 e. The summed E-state index contributed by atoms with van der Waals surface area (Å²) in [5.41, 5.74) is 8.75. The van der Waals surface area contributed by atoms with Gasteiger partial charge in [-0.2, -0.15) is 0 Å². The van der Waals surface area contributed by atoms with Gasteiger partial charge in [0.05, 0.1) is 9.83 Å². The molecule has 2 N–H and O–H groups in total. The first-order chi connectivity index (χ1) is 7.09. The lowest BCUT2D eigenvalue weighted by Crippen LogP contribution is -2.10. The van der Waals surface area contributed by atoms with Crippen molar-refractivity contribution >= 4 is 38.6 Å². The fourth-order valence-electron chi connectivity index (χ4n) is 1.51. The molecule has 0 aliphatic heterocycles. The molecule has 0 fully saturated rings. The summed E-state index contributed by atoms with van der Waals surface area (Å²) in [6.07, 6.45) is 0. The van der Waals surface area contributed by atoms with Crippen molar-refractivity contribution in [1.82, 2.24) is 0 Å². The molecule has 1 unspecified atom stereocenters. The summed E-state index contributed by atoms with van der Waals surface area (Å²) >= 11 is 7.01. The van der Waals surface area contributed by atoms with Crippen LogP contribution in [0.15, 0.2) is 21.3 Å². The van der Waals surface area contributed by atoms with Gasteiger partial charge in [-0.3, -0.25) is 0 Å². The number of halogens is 1. The van der Waals surface area contributed by atoms with Crippen LogP contribution in [-0.2, 0) is 0 Å². The molecule has 0 bridgehead atoms. The zero-order valence-electron chi connectivity index (χ0n) is 8.58. The molecule has 1 atom stereocenters. The zero-order chi connectivity index (χ0) is 11.0. The van der Waals surface area contributed by atoms with E-state index in [2.05, 4.69) is 47.3 Å². The Morgan fingerprint density at radius 2 is 2.13 bits per heavy atom. The van der Waals surface area contributed by atoms with Crippen molar-refractivity contribution in [2.24, 2.45) is 5.73 Å². The maximum absolute atomic E-state index is 6.24.